The summed E-state index contributed by atoms with van der Waals surface area (Å²) in [5.41, 5.74) is 1.16. The number of hydrogen-bond donors (Lipinski definition) is 1. The van der Waals surface area contributed by atoms with E-state index in [1.165, 1.54) is 12.1 Å². The van der Waals surface area contributed by atoms with Gasteiger partial charge in [-0.3, -0.25) is 0 Å². The van der Waals surface area contributed by atoms with Crippen LogP contribution < -0.4 is 10.2 Å². The zero-order chi connectivity index (χ0) is 18.6. The van der Waals surface area contributed by atoms with E-state index in [1.54, 1.807) is 6.20 Å². The number of anilines is 1. The number of amides is 2. The summed E-state index contributed by atoms with van der Waals surface area (Å²) in [6.07, 6.45) is 4.56. The maximum absolute atomic E-state index is 13.1. The second-order valence-corrected chi connectivity index (χ2v) is 7.26. The molecule has 2 amide bonds. The first kappa shape index (κ1) is 17.7. The third-order valence-electron chi connectivity index (χ3n) is 5.55. The van der Waals surface area contributed by atoms with Crippen molar-refractivity contribution >= 4 is 11.8 Å². The molecule has 2 aromatic rings. The fraction of sp³-hybridized carbons (Fsp3) is 0.450. The van der Waals surface area contributed by atoms with Crippen molar-refractivity contribution in [3.05, 3.63) is 54.0 Å². The molecule has 1 aliphatic carbocycles. The number of carbonyl (C=O) groups excluding carboxylic acids is 1. The molecule has 2 heterocycles. The molecule has 2 unspecified atom stereocenters. The highest BCUT2D eigenvalue weighted by molar-refractivity contribution is 5.75. The molecule has 0 radical (unpaired) electrons. The lowest BCUT2D eigenvalue weighted by atomic mass is 9.97. The molecule has 2 aliphatic rings. The van der Waals surface area contributed by atoms with Gasteiger partial charge in [-0.25, -0.2) is 9.18 Å². The third-order valence-corrected chi connectivity index (χ3v) is 5.55. The van der Waals surface area contributed by atoms with Crippen LogP contribution in [-0.4, -0.2) is 53.3 Å². The van der Waals surface area contributed by atoms with Crippen LogP contribution >= 0.6 is 0 Å². The SMILES string of the molecule is O=C(NC1CCC(c2ccc(F)cc2)C1)N1CCN(c2cccnn2)CC1. The molecule has 4 rings (SSSR count). The summed E-state index contributed by atoms with van der Waals surface area (Å²) >= 11 is 0. The number of hydrogen-bond acceptors (Lipinski definition) is 4. The molecule has 7 heteroatoms. The number of carbonyl (C=O) groups is 1. The summed E-state index contributed by atoms with van der Waals surface area (Å²) in [7, 11) is 0. The van der Waals surface area contributed by atoms with E-state index in [0.717, 1.165) is 43.7 Å². The van der Waals surface area contributed by atoms with E-state index in [9.17, 15) is 9.18 Å². The van der Waals surface area contributed by atoms with Crippen molar-refractivity contribution in [2.45, 2.75) is 31.2 Å². The topological polar surface area (TPSA) is 61.4 Å². The Morgan fingerprint density at radius 1 is 1.07 bits per heavy atom. The van der Waals surface area contributed by atoms with Gasteiger partial charge in [0, 0.05) is 38.4 Å². The van der Waals surface area contributed by atoms with Crippen molar-refractivity contribution in [2.24, 2.45) is 0 Å². The zero-order valence-corrected chi connectivity index (χ0v) is 15.2. The number of benzene rings is 1. The minimum atomic E-state index is -0.206. The van der Waals surface area contributed by atoms with Gasteiger partial charge in [-0.05, 0) is 55.0 Å². The highest BCUT2D eigenvalue weighted by Gasteiger charge is 2.29. The molecule has 2 fully saturated rings. The second-order valence-electron chi connectivity index (χ2n) is 7.26. The number of nitrogens with zero attached hydrogens (tertiary/aromatic N) is 4. The van der Waals surface area contributed by atoms with Crippen molar-refractivity contribution in [1.82, 2.24) is 20.4 Å². The van der Waals surface area contributed by atoms with E-state index in [4.69, 9.17) is 0 Å². The first-order valence-corrected chi connectivity index (χ1v) is 9.52. The van der Waals surface area contributed by atoms with Gasteiger partial charge in [0.1, 0.15) is 5.82 Å². The Morgan fingerprint density at radius 2 is 1.85 bits per heavy atom. The van der Waals surface area contributed by atoms with Crippen LogP contribution in [0.2, 0.25) is 0 Å². The van der Waals surface area contributed by atoms with Crippen LogP contribution in [0.4, 0.5) is 15.0 Å². The summed E-state index contributed by atoms with van der Waals surface area (Å²) in [5.74, 6) is 1.04. The molecule has 2 atom stereocenters. The van der Waals surface area contributed by atoms with Gasteiger partial charge in [-0.1, -0.05) is 12.1 Å². The van der Waals surface area contributed by atoms with E-state index in [2.05, 4.69) is 20.4 Å². The Balaban J connectivity index is 1.26. The molecule has 1 aromatic heterocycles. The van der Waals surface area contributed by atoms with E-state index in [-0.39, 0.29) is 17.9 Å². The lowest BCUT2D eigenvalue weighted by molar-refractivity contribution is 0.190. The number of urea groups is 1. The maximum Gasteiger partial charge on any atom is 0.317 e. The predicted molar refractivity (Wildman–Crippen MR) is 101 cm³/mol. The van der Waals surface area contributed by atoms with Crippen LogP contribution in [0.15, 0.2) is 42.6 Å². The largest absolute Gasteiger partial charge is 0.352 e. The summed E-state index contributed by atoms with van der Waals surface area (Å²) in [6.45, 7) is 2.87. The quantitative estimate of drug-likeness (QED) is 0.904. The fourth-order valence-electron chi connectivity index (χ4n) is 4.02. The van der Waals surface area contributed by atoms with Crippen LogP contribution in [0.1, 0.15) is 30.7 Å². The van der Waals surface area contributed by atoms with E-state index in [1.807, 2.05) is 29.2 Å². The molecule has 1 aliphatic heterocycles. The number of rotatable bonds is 3. The van der Waals surface area contributed by atoms with Crippen LogP contribution in [0.25, 0.3) is 0 Å². The van der Waals surface area contributed by atoms with Crippen LogP contribution in [0.5, 0.6) is 0 Å². The number of nitrogens with one attached hydrogen (secondary N) is 1. The first-order chi connectivity index (χ1) is 13.2. The minimum absolute atomic E-state index is 0.0125. The van der Waals surface area contributed by atoms with Gasteiger partial charge in [0.25, 0.3) is 0 Å². The molecule has 142 valence electrons. The molecule has 27 heavy (non-hydrogen) atoms. The van der Waals surface area contributed by atoms with Crippen molar-refractivity contribution in [1.29, 1.82) is 0 Å². The Bertz CT molecular complexity index is 762. The van der Waals surface area contributed by atoms with Crippen molar-refractivity contribution in [3.8, 4) is 0 Å². The van der Waals surface area contributed by atoms with Gasteiger partial charge in [0.2, 0.25) is 0 Å². The molecule has 1 N–H and O–H groups in total. The molecular formula is C20H24FN5O. The van der Waals surface area contributed by atoms with E-state index < -0.39 is 0 Å². The lowest BCUT2D eigenvalue weighted by Crippen LogP contribution is -2.53. The number of aromatic nitrogens is 2. The summed E-state index contributed by atoms with van der Waals surface area (Å²) in [4.78, 5) is 16.6. The van der Waals surface area contributed by atoms with Crippen molar-refractivity contribution in [3.63, 3.8) is 0 Å². The smallest absolute Gasteiger partial charge is 0.317 e. The summed E-state index contributed by atoms with van der Waals surface area (Å²) in [6, 6.07) is 10.8. The van der Waals surface area contributed by atoms with Gasteiger partial charge in [-0.2, -0.15) is 5.10 Å². The Kier molecular flexibility index (Phi) is 5.18. The van der Waals surface area contributed by atoms with Gasteiger partial charge in [0.05, 0.1) is 0 Å². The average molecular weight is 369 g/mol. The van der Waals surface area contributed by atoms with E-state index in [0.29, 0.717) is 19.0 Å². The normalized spacial score (nSPS) is 22.7. The van der Waals surface area contributed by atoms with Crippen LogP contribution in [-0.2, 0) is 0 Å². The molecular weight excluding hydrogens is 345 g/mol. The van der Waals surface area contributed by atoms with Gasteiger partial charge < -0.3 is 15.1 Å². The summed E-state index contributed by atoms with van der Waals surface area (Å²) in [5, 5.41) is 11.2. The minimum Gasteiger partial charge on any atom is -0.352 e. The maximum atomic E-state index is 13.1. The predicted octanol–water partition coefficient (Wildman–Crippen LogP) is 2.78. The lowest BCUT2D eigenvalue weighted by Gasteiger charge is -2.35. The molecule has 0 bridgehead atoms. The third kappa shape index (κ3) is 4.18. The molecule has 1 saturated carbocycles. The van der Waals surface area contributed by atoms with Gasteiger partial charge >= 0.3 is 6.03 Å². The van der Waals surface area contributed by atoms with Gasteiger partial charge in [-0.15, -0.1) is 5.10 Å². The van der Waals surface area contributed by atoms with E-state index >= 15 is 0 Å². The standard InChI is InChI=1S/C20H24FN5O/c21-17-6-3-15(4-7-17)16-5-8-18(14-16)23-20(27)26-12-10-25(11-13-26)19-2-1-9-22-24-19/h1-4,6-7,9,16,18H,5,8,10-14H2,(H,23,27). The monoisotopic (exact) mass is 369 g/mol. The molecule has 6 nitrogen and oxygen atoms in total. The van der Waals surface area contributed by atoms with Crippen molar-refractivity contribution < 1.29 is 9.18 Å². The Hall–Kier alpha value is -2.70. The van der Waals surface area contributed by atoms with Crippen LogP contribution in [0.3, 0.4) is 0 Å². The molecule has 1 saturated heterocycles. The second kappa shape index (κ2) is 7.90. The summed E-state index contributed by atoms with van der Waals surface area (Å²) < 4.78 is 13.1. The Labute approximate surface area is 158 Å². The first-order valence-electron chi connectivity index (χ1n) is 9.52. The fourth-order valence-corrected chi connectivity index (χ4v) is 4.02. The highest BCUT2D eigenvalue weighted by Crippen LogP contribution is 2.34. The van der Waals surface area contributed by atoms with Crippen LogP contribution in [0, 0.1) is 5.82 Å². The molecule has 1 aromatic carbocycles. The number of piperazine rings is 1. The van der Waals surface area contributed by atoms with Crippen molar-refractivity contribution in [2.75, 3.05) is 31.1 Å². The Morgan fingerprint density at radius 3 is 2.56 bits per heavy atom. The number of halogens is 1. The highest BCUT2D eigenvalue weighted by atomic mass is 19.1. The van der Waals surface area contributed by atoms with Gasteiger partial charge in [0.15, 0.2) is 5.82 Å². The molecule has 0 spiro atoms. The zero-order valence-electron chi connectivity index (χ0n) is 15.2. The average Bonchev–Trinajstić information content (AvgIpc) is 3.18.